The van der Waals surface area contributed by atoms with Gasteiger partial charge in [0, 0.05) is 29.5 Å². The first-order valence-electron chi connectivity index (χ1n) is 11.2. The molecule has 7 nitrogen and oxygen atoms in total. The predicted octanol–water partition coefficient (Wildman–Crippen LogP) is 4.69. The van der Waals surface area contributed by atoms with E-state index in [1.165, 1.54) is 40.5 Å². The van der Waals surface area contributed by atoms with E-state index in [0.717, 1.165) is 4.88 Å². The first kappa shape index (κ1) is 26.0. The lowest BCUT2D eigenvalue weighted by Gasteiger charge is -2.33. The molecule has 184 valence electrons. The number of thiophene rings is 1. The number of hydrogen-bond donors (Lipinski definition) is 2. The van der Waals surface area contributed by atoms with Gasteiger partial charge in [0.1, 0.15) is 17.7 Å². The van der Waals surface area contributed by atoms with Crippen molar-refractivity contribution >= 4 is 34.9 Å². The summed E-state index contributed by atoms with van der Waals surface area (Å²) in [5, 5.41) is 7.49. The molecule has 0 saturated carbocycles. The number of amides is 3. The van der Waals surface area contributed by atoms with Crippen LogP contribution in [0.1, 0.15) is 50.1 Å². The average Bonchev–Trinajstić information content (AvgIpc) is 3.31. The molecule has 1 atom stereocenters. The van der Waals surface area contributed by atoms with Crippen LogP contribution in [0.2, 0.25) is 0 Å². The molecule has 0 fully saturated rings. The molecule has 3 amide bonds. The standard InChI is InChI=1S/C26H29FN4O3S/c1-26(2,3)30-25(34)24(18-9-11-19(27)12-10-18)31(17-20-7-6-16-35-20)23(33)14-13-22(32)29-21-8-4-5-15-28-21/h4-12,15-16,24H,13-14,17H2,1-3H3,(H,30,34)(H,28,29,32)/t24-/m1/s1. The Balaban J connectivity index is 1.86. The van der Waals surface area contributed by atoms with E-state index >= 15 is 0 Å². The fourth-order valence-electron chi connectivity index (χ4n) is 3.46. The molecule has 1 aromatic carbocycles. The number of carbonyl (C=O) groups is 3. The predicted molar refractivity (Wildman–Crippen MR) is 134 cm³/mol. The maximum Gasteiger partial charge on any atom is 0.247 e. The third kappa shape index (κ3) is 7.99. The van der Waals surface area contributed by atoms with Crippen LogP contribution in [0.25, 0.3) is 0 Å². The third-order valence-electron chi connectivity index (χ3n) is 4.97. The smallest absolute Gasteiger partial charge is 0.247 e. The van der Waals surface area contributed by atoms with Gasteiger partial charge in [0.2, 0.25) is 17.7 Å². The van der Waals surface area contributed by atoms with Crippen LogP contribution in [0.5, 0.6) is 0 Å². The maximum absolute atomic E-state index is 13.6. The Morgan fingerprint density at radius 2 is 1.77 bits per heavy atom. The van der Waals surface area contributed by atoms with E-state index in [9.17, 15) is 18.8 Å². The zero-order valence-corrected chi connectivity index (χ0v) is 20.8. The second kappa shape index (κ2) is 11.7. The number of anilines is 1. The summed E-state index contributed by atoms with van der Waals surface area (Å²) < 4.78 is 13.6. The molecular formula is C26H29FN4O3S. The lowest BCUT2D eigenvalue weighted by molar-refractivity contribution is -0.142. The highest BCUT2D eigenvalue weighted by molar-refractivity contribution is 7.09. The van der Waals surface area contributed by atoms with Crippen molar-refractivity contribution < 1.29 is 18.8 Å². The normalized spacial score (nSPS) is 12.0. The topological polar surface area (TPSA) is 91.4 Å². The second-order valence-corrected chi connectivity index (χ2v) is 10.1. The van der Waals surface area contributed by atoms with Crippen molar-refractivity contribution in [2.24, 2.45) is 0 Å². The van der Waals surface area contributed by atoms with Gasteiger partial charge in [-0.2, -0.15) is 0 Å². The SMILES string of the molecule is CC(C)(C)NC(=O)[C@@H](c1ccc(F)cc1)N(Cc1cccs1)C(=O)CCC(=O)Nc1ccccn1. The molecule has 3 rings (SSSR count). The zero-order valence-electron chi connectivity index (χ0n) is 20.0. The van der Waals surface area contributed by atoms with E-state index in [4.69, 9.17) is 0 Å². The monoisotopic (exact) mass is 496 g/mol. The lowest BCUT2D eigenvalue weighted by Crippen LogP contribution is -2.49. The highest BCUT2D eigenvalue weighted by Crippen LogP contribution is 2.27. The highest BCUT2D eigenvalue weighted by Gasteiger charge is 2.33. The average molecular weight is 497 g/mol. The number of nitrogens with zero attached hydrogens (tertiary/aromatic N) is 2. The molecular weight excluding hydrogens is 467 g/mol. The van der Waals surface area contributed by atoms with E-state index < -0.39 is 17.4 Å². The molecule has 2 N–H and O–H groups in total. The number of hydrogen-bond acceptors (Lipinski definition) is 5. The fourth-order valence-corrected chi connectivity index (χ4v) is 4.16. The minimum atomic E-state index is -0.997. The third-order valence-corrected chi connectivity index (χ3v) is 5.83. The quantitative estimate of drug-likeness (QED) is 0.450. The van der Waals surface area contributed by atoms with E-state index in [2.05, 4.69) is 15.6 Å². The summed E-state index contributed by atoms with van der Waals surface area (Å²) in [6.45, 7) is 5.72. The Morgan fingerprint density at radius 3 is 2.37 bits per heavy atom. The van der Waals surface area contributed by atoms with Gasteiger partial charge in [0.15, 0.2) is 0 Å². The van der Waals surface area contributed by atoms with Crippen molar-refractivity contribution in [2.45, 2.75) is 51.7 Å². The van der Waals surface area contributed by atoms with Crippen LogP contribution in [0.4, 0.5) is 10.2 Å². The number of aromatic nitrogens is 1. The summed E-state index contributed by atoms with van der Waals surface area (Å²) in [5.41, 5.74) is -0.0636. The molecule has 0 saturated heterocycles. The number of halogens is 1. The number of carbonyl (C=O) groups excluding carboxylic acids is 3. The van der Waals surface area contributed by atoms with Crippen LogP contribution < -0.4 is 10.6 Å². The Bertz CT molecular complexity index is 1130. The Kier molecular flexibility index (Phi) is 8.70. The number of nitrogens with one attached hydrogen (secondary N) is 2. The van der Waals surface area contributed by atoms with Gasteiger partial charge in [0.25, 0.3) is 0 Å². The van der Waals surface area contributed by atoms with E-state index in [0.29, 0.717) is 11.4 Å². The number of pyridine rings is 1. The lowest BCUT2D eigenvalue weighted by atomic mass is 10.0. The molecule has 2 aromatic heterocycles. The molecule has 0 aliphatic rings. The van der Waals surface area contributed by atoms with Crippen LogP contribution in [-0.4, -0.2) is 33.1 Å². The van der Waals surface area contributed by atoms with Gasteiger partial charge in [-0.05, 0) is 62.0 Å². The molecule has 0 bridgehead atoms. The minimum Gasteiger partial charge on any atom is -0.349 e. The van der Waals surface area contributed by atoms with Gasteiger partial charge in [-0.1, -0.05) is 24.3 Å². The van der Waals surface area contributed by atoms with Gasteiger partial charge < -0.3 is 15.5 Å². The second-order valence-electron chi connectivity index (χ2n) is 9.06. The van der Waals surface area contributed by atoms with Crippen molar-refractivity contribution in [3.8, 4) is 0 Å². The molecule has 3 aromatic rings. The van der Waals surface area contributed by atoms with Crippen LogP contribution in [0, 0.1) is 5.82 Å². The van der Waals surface area contributed by atoms with E-state index in [-0.39, 0.29) is 37.1 Å². The first-order valence-corrected chi connectivity index (χ1v) is 12.1. The summed E-state index contributed by atoms with van der Waals surface area (Å²) in [5.74, 6) is -1.15. The summed E-state index contributed by atoms with van der Waals surface area (Å²) in [4.78, 5) is 45.7. The van der Waals surface area contributed by atoms with Crippen molar-refractivity contribution in [3.63, 3.8) is 0 Å². The molecule has 0 spiro atoms. The first-order chi connectivity index (χ1) is 16.6. The molecule has 0 aliphatic carbocycles. The summed E-state index contributed by atoms with van der Waals surface area (Å²) in [6.07, 6.45) is 1.38. The van der Waals surface area contributed by atoms with Gasteiger partial charge >= 0.3 is 0 Å². The molecule has 0 unspecified atom stereocenters. The van der Waals surface area contributed by atoms with E-state index in [1.807, 2.05) is 38.3 Å². The van der Waals surface area contributed by atoms with Crippen molar-refractivity contribution in [2.75, 3.05) is 5.32 Å². The van der Waals surface area contributed by atoms with Crippen LogP contribution in [0.15, 0.2) is 66.2 Å². The zero-order chi connectivity index (χ0) is 25.4. The van der Waals surface area contributed by atoms with Crippen LogP contribution in [-0.2, 0) is 20.9 Å². The van der Waals surface area contributed by atoms with Gasteiger partial charge in [-0.3, -0.25) is 14.4 Å². The molecule has 35 heavy (non-hydrogen) atoms. The number of rotatable bonds is 9. The van der Waals surface area contributed by atoms with Crippen LogP contribution >= 0.6 is 11.3 Å². The van der Waals surface area contributed by atoms with Gasteiger partial charge in [0.05, 0.1) is 6.54 Å². The molecule has 9 heteroatoms. The van der Waals surface area contributed by atoms with Crippen molar-refractivity contribution in [1.82, 2.24) is 15.2 Å². The highest BCUT2D eigenvalue weighted by atomic mass is 32.1. The van der Waals surface area contributed by atoms with Gasteiger partial charge in [-0.25, -0.2) is 9.37 Å². The molecule has 0 aliphatic heterocycles. The van der Waals surface area contributed by atoms with Crippen molar-refractivity contribution in [3.05, 3.63) is 82.4 Å². The maximum atomic E-state index is 13.6. The minimum absolute atomic E-state index is 0.0760. The summed E-state index contributed by atoms with van der Waals surface area (Å²) in [7, 11) is 0. The van der Waals surface area contributed by atoms with Crippen LogP contribution in [0.3, 0.4) is 0 Å². The van der Waals surface area contributed by atoms with E-state index in [1.54, 1.807) is 24.4 Å². The van der Waals surface area contributed by atoms with Gasteiger partial charge in [-0.15, -0.1) is 11.3 Å². The van der Waals surface area contributed by atoms with Crippen molar-refractivity contribution in [1.29, 1.82) is 0 Å². The summed E-state index contributed by atoms with van der Waals surface area (Å²) >= 11 is 1.46. The number of benzene rings is 1. The molecule has 2 heterocycles. The Labute approximate surface area is 208 Å². The Morgan fingerprint density at radius 1 is 1.03 bits per heavy atom. The Hall–Kier alpha value is -3.59. The largest absolute Gasteiger partial charge is 0.349 e. The fraction of sp³-hybridized carbons (Fsp3) is 0.308. The molecule has 0 radical (unpaired) electrons. The summed E-state index contributed by atoms with van der Waals surface area (Å²) in [6, 6.07) is 13.4.